The fourth-order valence-electron chi connectivity index (χ4n) is 5.14. The van der Waals surface area contributed by atoms with Crippen LogP contribution >= 0.6 is 0 Å². The van der Waals surface area contributed by atoms with Crippen LogP contribution in [0.1, 0.15) is 42.7 Å². The first-order valence-electron chi connectivity index (χ1n) is 11.1. The fraction of sp³-hybridized carbons (Fsp3) is 0.400. The number of para-hydroxylation sites is 1. The Balaban J connectivity index is 1.18. The van der Waals surface area contributed by atoms with Crippen molar-refractivity contribution in [1.82, 2.24) is 9.88 Å². The molecule has 1 aromatic heterocycles. The number of fused-ring (bicyclic) bond motifs is 2. The number of carbonyl (C=O) groups excluding carboxylic acids is 1. The van der Waals surface area contributed by atoms with Crippen LogP contribution in [0.2, 0.25) is 0 Å². The predicted octanol–water partition coefficient (Wildman–Crippen LogP) is 4.86. The number of carbonyl (C=O) groups is 1. The molecule has 2 aromatic carbocycles. The average Bonchev–Trinajstić information content (AvgIpc) is 3.23. The summed E-state index contributed by atoms with van der Waals surface area (Å²) in [5.74, 6) is 0.457. The van der Waals surface area contributed by atoms with Crippen LogP contribution in [0.3, 0.4) is 0 Å². The van der Waals surface area contributed by atoms with Gasteiger partial charge < -0.3 is 14.8 Å². The molecule has 1 N–H and O–H groups in total. The number of piperidine rings is 1. The third-order valence-electron chi connectivity index (χ3n) is 6.77. The van der Waals surface area contributed by atoms with Gasteiger partial charge >= 0.3 is 0 Å². The van der Waals surface area contributed by atoms with Crippen LogP contribution in [-0.2, 0) is 11.2 Å². The maximum absolute atomic E-state index is 14.3. The van der Waals surface area contributed by atoms with E-state index in [-0.39, 0.29) is 11.7 Å². The molecule has 0 atom stereocenters. The number of halogens is 1. The van der Waals surface area contributed by atoms with Crippen molar-refractivity contribution < 1.29 is 9.18 Å². The van der Waals surface area contributed by atoms with Crippen LogP contribution in [0, 0.1) is 5.82 Å². The highest BCUT2D eigenvalue weighted by atomic mass is 19.1. The van der Waals surface area contributed by atoms with E-state index < -0.39 is 0 Å². The van der Waals surface area contributed by atoms with Gasteiger partial charge in [-0.25, -0.2) is 4.39 Å². The lowest BCUT2D eigenvalue weighted by Gasteiger charge is -2.33. The number of aryl methyl sites for hydroxylation is 1. The highest BCUT2D eigenvalue weighted by molar-refractivity contribution is 5.94. The molecular weight excluding hydrogens is 377 g/mol. The summed E-state index contributed by atoms with van der Waals surface area (Å²) < 4.78 is 14.3. The molecule has 0 bridgehead atoms. The van der Waals surface area contributed by atoms with Crippen molar-refractivity contribution in [2.75, 3.05) is 31.1 Å². The van der Waals surface area contributed by atoms with E-state index >= 15 is 0 Å². The molecule has 5 rings (SSSR count). The Hall–Kier alpha value is -2.66. The molecule has 0 unspecified atom stereocenters. The van der Waals surface area contributed by atoms with Crippen LogP contribution in [0.15, 0.2) is 48.7 Å². The lowest BCUT2D eigenvalue weighted by molar-refractivity contribution is -0.119. The normalized spacial score (nSPS) is 18.0. The Bertz CT molecular complexity index is 1050. The zero-order valence-corrected chi connectivity index (χ0v) is 17.2. The molecule has 2 aliphatic heterocycles. The molecule has 0 saturated carbocycles. The summed E-state index contributed by atoms with van der Waals surface area (Å²) in [6.45, 7) is 3.53. The Labute approximate surface area is 176 Å². The first-order valence-corrected chi connectivity index (χ1v) is 11.1. The van der Waals surface area contributed by atoms with Gasteiger partial charge in [0, 0.05) is 42.3 Å². The molecule has 5 heteroatoms. The molecule has 3 aromatic rings. The number of hydrogen-bond donors (Lipinski definition) is 1. The monoisotopic (exact) mass is 405 g/mol. The molecule has 0 radical (unpaired) electrons. The molecule has 1 fully saturated rings. The molecule has 30 heavy (non-hydrogen) atoms. The fourth-order valence-corrected chi connectivity index (χ4v) is 5.14. The molecule has 3 heterocycles. The second-order valence-corrected chi connectivity index (χ2v) is 8.55. The molecule has 0 spiro atoms. The Morgan fingerprint density at radius 2 is 1.90 bits per heavy atom. The van der Waals surface area contributed by atoms with Gasteiger partial charge in [-0.3, -0.25) is 4.79 Å². The van der Waals surface area contributed by atoms with Crippen molar-refractivity contribution in [3.8, 4) is 0 Å². The standard InChI is InChI=1S/C25H28FN3O/c26-21-7-3-8-22-25(21)20(17-27-22)18-10-14-28(15-11-18)16-12-24(30)29-13-4-6-19-5-1-2-9-23(19)29/h1-3,5,7-9,17-18,27H,4,6,10-16H2. The molecule has 1 saturated heterocycles. The number of hydrogen-bond acceptors (Lipinski definition) is 2. The Morgan fingerprint density at radius 1 is 1.07 bits per heavy atom. The Kier molecular flexibility index (Phi) is 5.30. The number of anilines is 1. The van der Waals surface area contributed by atoms with Gasteiger partial charge in [0.05, 0.1) is 0 Å². The van der Waals surface area contributed by atoms with Gasteiger partial charge in [-0.15, -0.1) is 0 Å². The van der Waals surface area contributed by atoms with Crippen molar-refractivity contribution in [2.24, 2.45) is 0 Å². The maximum atomic E-state index is 14.3. The van der Waals surface area contributed by atoms with E-state index in [0.29, 0.717) is 12.3 Å². The smallest absolute Gasteiger partial charge is 0.228 e. The minimum atomic E-state index is -0.140. The summed E-state index contributed by atoms with van der Waals surface area (Å²) in [6, 6.07) is 13.5. The van der Waals surface area contributed by atoms with E-state index in [1.807, 2.05) is 23.2 Å². The molecule has 156 valence electrons. The minimum absolute atomic E-state index is 0.140. The zero-order valence-electron chi connectivity index (χ0n) is 17.2. The highest BCUT2D eigenvalue weighted by Crippen LogP contribution is 2.34. The number of rotatable bonds is 4. The molecule has 0 aliphatic carbocycles. The van der Waals surface area contributed by atoms with Gasteiger partial charge in [0.1, 0.15) is 5.82 Å². The lowest BCUT2D eigenvalue weighted by atomic mass is 9.89. The van der Waals surface area contributed by atoms with Crippen molar-refractivity contribution >= 4 is 22.5 Å². The number of benzene rings is 2. The zero-order chi connectivity index (χ0) is 20.5. The second-order valence-electron chi connectivity index (χ2n) is 8.55. The number of likely N-dealkylation sites (tertiary alicyclic amines) is 1. The highest BCUT2D eigenvalue weighted by Gasteiger charge is 2.26. The first kappa shape index (κ1) is 19.3. The third-order valence-corrected chi connectivity index (χ3v) is 6.77. The largest absolute Gasteiger partial charge is 0.361 e. The van der Waals surface area contributed by atoms with Crippen molar-refractivity contribution in [2.45, 2.75) is 38.0 Å². The van der Waals surface area contributed by atoms with Crippen molar-refractivity contribution in [1.29, 1.82) is 0 Å². The lowest BCUT2D eigenvalue weighted by Crippen LogP contribution is -2.39. The average molecular weight is 406 g/mol. The van der Waals surface area contributed by atoms with Crippen LogP contribution in [0.25, 0.3) is 10.9 Å². The number of amides is 1. The van der Waals surface area contributed by atoms with E-state index in [1.165, 1.54) is 5.56 Å². The number of aromatic amines is 1. The van der Waals surface area contributed by atoms with Crippen LogP contribution < -0.4 is 4.90 Å². The summed E-state index contributed by atoms with van der Waals surface area (Å²) in [6.07, 6.45) is 6.63. The summed E-state index contributed by atoms with van der Waals surface area (Å²) in [7, 11) is 0. The van der Waals surface area contributed by atoms with E-state index in [2.05, 4.69) is 28.1 Å². The predicted molar refractivity (Wildman–Crippen MR) is 118 cm³/mol. The number of H-pyrrole nitrogens is 1. The second kappa shape index (κ2) is 8.23. The SMILES string of the molecule is O=C(CCN1CCC(c2c[nH]c3cccc(F)c23)CC1)N1CCCc2ccccc21. The maximum Gasteiger partial charge on any atom is 0.228 e. The van der Waals surface area contributed by atoms with E-state index in [9.17, 15) is 9.18 Å². The van der Waals surface area contributed by atoms with Crippen molar-refractivity contribution in [3.05, 3.63) is 65.6 Å². The quantitative estimate of drug-likeness (QED) is 0.674. The van der Waals surface area contributed by atoms with Crippen LogP contribution in [-0.4, -0.2) is 42.0 Å². The molecule has 4 nitrogen and oxygen atoms in total. The van der Waals surface area contributed by atoms with Crippen molar-refractivity contribution in [3.63, 3.8) is 0 Å². The third kappa shape index (κ3) is 3.63. The van der Waals surface area contributed by atoms with Gasteiger partial charge in [-0.2, -0.15) is 0 Å². The molecule has 1 amide bonds. The van der Waals surface area contributed by atoms with Gasteiger partial charge in [-0.05, 0) is 74.0 Å². The van der Waals surface area contributed by atoms with Crippen LogP contribution in [0.4, 0.5) is 10.1 Å². The number of aromatic nitrogens is 1. The van der Waals surface area contributed by atoms with Gasteiger partial charge in [0.2, 0.25) is 5.91 Å². The van der Waals surface area contributed by atoms with Gasteiger partial charge in [0.25, 0.3) is 0 Å². The summed E-state index contributed by atoms with van der Waals surface area (Å²) >= 11 is 0. The van der Waals surface area contributed by atoms with Crippen LogP contribution in [0.5, 0.6) is 0 Å². The van der Waals surface area contributed by atoms with Gasteiger partial charge in [0.15, 0.2) is 0 Å². The summed E-state index contributed by atoms with van der Waals surface area (Å²) in [5.41, 5.74) is 4.35. The van der Waals surface area contributed by atoms with E-state index in [1.54, 1.807) is 12.1 Å². The minimum Gasteiger partial charge on any atom is -0.361 e. The Morgan fingerprint density at radius 3 is 2.77 bits per heavy atom. The first-order chi connectivity index (χ1) is 14.7. The van der Waals surface area contributed by atoms with Gasteiger partial charge in [-0.1, -0.05) is 24.3 Å². The van der Waals surface area contributed by atoms with E-state index in [4.69, 9.17) is 0 Å². The number of nitrogens with one attached hydrogen (secondary N) is 1. The molecular formula is C25H28FN3O. The summed E-state index contributed by atoms with van der Waals surface area (Å²) in [5, 5.41) is 0.745. The summed E-state index contributed by atoms with van der Waals surface area (Å²) in [4.78, 5) is 20.5. The topological polar surface area (TPSA) is 39.3 Å². The number of nitrogens with zero attached hydrogens (tertiary/aromatic N) is 2. The van der Waals surface area contributed by atoms with E-state index in [0.717, 1.165) is 74.0 Å². The molecule has 2 aliphatic rings.